The van der Waals surface area contributed by atoms with Crippen LogP contribution in [0.5, 0.6) is 5.75 Å². The Kier molecular flexibility index (Phi) is 4.79. The lowest BCUT2D eigenvalue weighted by Gasteiger charge is -2.10. The van der Waals surface area contributed by atoms with Crippen molar-refractivity contribution >= 4 is 11.3 Å². The first-order valence-electron chi connectivity index (χ1n) is 6.30. The van der Waals surface area contributed by atoms with Crippen LogP contribution in [0.25, 0.3) is 0 Å². The quantitative estimate of drug-likeness (QED) is 0.859. The monoisotopic (exact) mass is 261 g/mol. The highest BCUT2D eigenvalue weighted by Crippen LogP contribution is 2.22. The van der Waals surface area contributed by atoms with Crippen LogP contribution in [-0.4, -0.2) is 6.61 Å². The number of thiophene rings is 1. The predicted octanol–water partition coefficient (Wildman–Crippen LogP) is 3.78. The van der Waals surface area contributed by atoms with Crippen molar-refractivity contribution in [3.05, 3.63) is 52.2 Å². The topological polar surface area (TPSA) is 35.2 Å². The zero-order chi connectivity index (χ0) is 12.8. The van der Waals surface area contributed by atoms with Crippen molar-refractivity contribution < 1.29 is 4.74 Å². The molecule has 2 aromatic rings. The molecule has 96 valence electrons. The summed E-state index contributed by atoms with van der Waals surface area (Å²) in [6, 6.07) is 12.6. The van der Waals surface area contributed by atoms with Crippen LogP contribution in [0, 0.1) is 0 Å². The highest BCUT2D eigenvalue weighted by Gasteiger charge is 2.07. The van der Waals surface area contributed by atoms with Gasteiger partial charge in [-0.3, -0.25) is 0 Å². The van der Waals surface area contributed by atoms with Crippen molar-refractivity contribution in [1.29, 1.82) is 0 Å². The molecule has 18 heavy (non-hydrogen) atoms. The van der Waals surface area contributed by atoms with Crippen LogP contribution in [0.15, 0.2) is 41.8 Å². The van der Waals surface area contributed by atoms with E-state index in [-0.39, 0.29) is 6.04 Å². The summed E-state index contributed by atoms with van der Waals surface area (Å²) in [5, 5.41) is 2.07. The van der Waals surface area contributed by atoms with Gasteiger partial charge in [0.15, 0.2) is 0 Å². The summed E-state index contributed by atoms with van der Waals surface area (Å²) in [6.07, 6.45) is 1.95. The van der Waals surface area contributed by atoms with Crippen LogP contribution in [0.4, 0.5) is 0 Å². The molecule has 0 fully saturated rings. The molecular weight excluding hydrogens is 242 g/mol. The van der Waals surface area contributed by atoms with E-state index in [0.717, 1.165) is 18.6 Å². The average Bonchev–Trinajstić information content (AvgIpc) is 2.91. The molecule has 2 nitrogen and oxygen atoms in total. The highest BCUT2D eigenvalue weighted by atomic mass is 32.1. The van der Waals surface area contributed by atoms with Gasteiger partial charge in [-0.2, -0.15) is 0 Å². The van der Waals surface area contributed by atoms with E-state index < -0.39 is 0 Å². The third kappa shape index (κ3) is 3.59. The molecule has 1 atom stereocenters. The van der Waals surface area contributed by atoms with Crippen molar-refractivity contribution in [2.45, 2.75) is 25.8 Å². The minimum Gasteiger partial charge on any atom is -0.494 e. The molecule has 0 bridgehead atoms. The zero-order valence-corrected chi connectivity index (χ0v) is 11.5. The van der Waals surface area contributed by atoms with Gasteiger partial charge < -0.3 is 10.5 Å². The summed E-state index contributed by atoms with van der Waals surface area (Å²) >= 11 is 1.73. The lowest BCUT2D eigenvalue weighted by Crippen LogP contribution is -2.09. The summed E-state index contributed by atoms with van der Waals surface area (Å²) in [5.74, 6) is 0.944. The average molecular weight is 261 g/mol. The SMILES string of the molecule is CCOc1cccc(CCC(N)c2cccs2)c1. The molecule has 2 N–H and O–H groups in total. The maximum Gasteiger partial charge on any atom is 0.119 e. The van der Waals surface area contributed by atoms with Crippen molar-refractivity contribution in [2.75, 3.05) is 6.61 Å². The first-order valence-corrected chi connectivity index (χ1v) is 7.18. The van der Waals surface area contributed by atoms with E-state index in [0.29, 0.717) is 6.61 Å². The number of rotatable bonds is 6. The third-order valence-corrected chi connectivity index (χ3v) is 3.87. The molecule has 0 saturated heterocycles. The van der Waals surface area contributed by atoms with Gasteiger partial charge in [0.2, 0.25) is 0 Å². The smallest absolute Gasteiger partial charge is 0.119 e. The maximum atomic E-state index is 6.16. The molecule has 1 aromatic carbocycles. The van der Waals surface area contributed by atoms with Gasteiger partial charge in [0.05, 0.1) is 6.61 Å². The van der Waals surface area contributed by atoms with Crippen molar-refractivity contribution in [3.63, 3.8) is 0 Å². The Bertz CT molecular complexity index is 467. The van der Waals surface area contributed by atoms with Crippen LogP contribution >= 0.6 is 11.3 Å². The van der Waals surface area contributed by atoms with E-state index >= 15 is 0 Å². The molecule has 0 aliphatic carbocycles. The number of benzene rings is 1. The summed E-state index contributed by atoms with van der Waals surface area (Å²) in [7, 11) is 0. The molecule has 0 spiro atoms. The van der Waals surface area contributed by atoms with Gasteiger partial charge in [0.1, 0.15) is 5.75 Å². The Labute approximate surface area is 112 Å². The Hall–Kier alpha value is -1.32. The van der Waals surface area contributed by atoms with E-state index in [2.05, 4.69) is 29.6 Å². The van der Waals surface area contributed by atoms with Gasteiger partial charge >= 0.3 is 0 Å². The molecular formula is C15H19NOS. The molecule has 0 saturated carbocycles. The van der Waals surface area contributed by atoms with Crippen LogP contribution in [0.2, 0.25) is 0 Å². The van der Waals surface area contributed by atoms with Gasteiger partial charge in [-0.1, -0.05) is 18.2 Å². The summed E-state index contributed by atoms with van der Waals surface area (Å²) in [4.78, 5) is 1.26. The van der Waals surface area contributed by atoms with E-state index in [1.165, 1.54) is 10.4 Å². The Morgan fingerprint density at radius 1 is 1.28 bits per heavy atom. The molecule has 1 unspecified atom stereocenters. The van der Waals surface area contributed by atoms with Gasteiger partial charge in [0.25, 0.3) is 0 Å². The molecule has 1 aromatic heterocycles. The zero-order valence-electron chi connectivity index (χ0n) is 10.6. The lowest BCUT2D eigenvalue weighted by molar-refractivity contribution is 0.340. The molecule has 0 aliphatic heterocycles. The fourth-order valence-corrected chi connectivity index (χ4v) is 2.69. The summed E-state index contributed by atoms with van der Waals surface area (Å²) in [5.41, 5.74) is 7.45. The van der Waals surface area contributed by atoms with Gasteiger partial charge in [-0.05, 0) is 48.9 Å². The minimum atomic E-state index is 0.140. The molecule has 3 heteroatoms. The van der Waals surface area contributed by atoms with E-state index in [9.17, 15) is 0 Å². The van der Waals surface area contributed by atoms with Gasteiger partial charge in [0, 0.05) is 10.9 Å². The summed E-state index contributed by atoms with van der Waals surface area (Å²) < 4.78 is 5.50. The third-order valence-electron chi connectivity index (χ3n) is 2.86. The van der Waals surface area contributed by atoms with Crippen LogP contribution in [0.1, 0.15) is 29.8 Å². The van der Waals surface area contributed by atoms with Crippen LogP contribution in [-0.2, 0) is 6.42 Å². The predicted molar refractivity (Wildman–Crippen MR) is 77.2 cm³/mol. The Balaban J connectivity index is 1.91. The number of ether oxygens (including phenoxy) is 1. The van der Waals surface area contributed by atoms with E-state index in [1.807, 2.05) is 19.1 Å². The summed E-state index contributed by atoms with van der Waals surface area (Å²) in [6.45, 7) is 2.71. The fourth-order valence-electron chi connectivity index (χ4n) is 1.92. The number of nitrogens with two attached hydrogens (primary N) is 1. The largest absolute Gasteiger partial charge is 0.494 e. The van der Waals surface area contributed by atoms with Gasteiger partial charge in [-0.15, -0.1) is 11.3 Å². The number of hydrogen-bond donors (Lipinski definition) is 1. The molecule has 0 radical (unpaired) electrons. The number of aryl methyl sites for hydroxylation is 1. The second-order valence-electron chi connectivity index (χ2n) is 4.24. The molecule has 1 heterocycles. The minimum absolute atomic E-state index is 0.140. The van der Waals surface area contributed by atoms with Crippen LogP contribution < -0.4 is 10.5 Å². The highest BCUT2D eigenvalue weighted by molar-refractivity contribution is 7.10. The normalized spacial score (nSPS) is 12.3. The van der Waals surface area contributed by atoms with Gasteiger partial charge in [-0.25, -0.2) is 0 Å². The second-order valence-corrected chi connectivity index (χ2v) is 5.22. The molecule has 0 aliphatic rings. The first kappa shape index (κ1) is 13.1. The van der Waals surface area contributed by atoms with Crippen molar-refractivity contribution in [2.24, 2.45) is 5.73 Å². The van der Waals surface area contributed by atoms with Crippen molar-refractivity contribution in [3.8, 4) is 5.75 Å². The van der Waals surface area contributed by atoms with Crippen molar-refractivity contribution in [1.82, 2.24) is 0 Å². The van der Waals surface area contributed by atoms with Crippen LogP contribution in [0.3, 0.4) is 0 Å². The standard InChI is InChI=1S/C15H19NOS/c1-2-17-13-6-3-5-12(11-13)8-9-14(16)15-7-4-10-18-15/h3-7,10-11,14H,2,8-9,16H2,1H3. The fraction of sp³-hybridized carbons (Fsp3) is 0.333. The van der Waals surface area contributed by atoms with E-state index in [1.54, 1.807) is 11.3 Å². The number of hydrogen-bond acceptors (Lipinski definition) is 3. The Morgan fingerprint density at radius 3 is 2.89 bits per heavy atom. The Morgan fingerprint density at radius 2 is 2.17 bits per heavy atom. The molecule has 2 rings (SSSR count). The lowest BCUT2D eigenvalue weighted by atomic mass is 10.0. The first-order chi connectivity index (χ1) is 8.79. The van der Waals surface area contributed by atoms with E-state index in [4.69, 9.17) is 10.5 Å². The molecule has 0 amide bonds. The maximum absolute atomic E-state index is 6.16. The second kappa shape index (κ2) is 6.57.